The van der Waals surface area contributed by atoms with Crippen LogP contribution in [0, 0.1) is 5.92 Å². The molecule has 0 bridgehead atoms. The zero-order chi connectivity index (χ0) is 22.8. The lowest BCUT2D eigenvalue weighted by Crippen LogP contribution is -2.33. The Morgan fingerprint density at radius 1 is 0.758 bits per heavy atom. The quantitative estimate of drug-likeness (QED) is 0.430. The van der Waals surface area contributed by atoms with Gasteiger partial charge in [0, 0.05) is 12.1 Å². The molecule has 8 nitrogen and oxygen atoms in total. The van der Waals surface area contributed by atoms with Gasteiger partial charge >= 0.3 is 0 Å². The summed E-state index contributed by atoms with van der Waals surface area (Å²) in [6.45, 7) is 3.20. The van der Waals surface area contributed by atoms with E-state index in [0.717, 1.165) is 31.1 Å². The van der Waals surface area contributed by atoms with E-state index < -0.39 is 0 Å². The second kappa shape index (κ2) is 8.99. The van der Waals surface area contributed by atoms with Gasteiger partial charge in [-0.2, -0.15) is 9.97 Å². The van der Waals surface area contributed by atoms with Gasteiger partial charge in [-0.15, -0.1) is 0 Å². The minimum absolute atomic E-state index is 0.0508. The van der Waals surface area contributed by atoms with Crippen molar-refractivity contribution in [1.29, 1.82) is 0 Å². The molecule has 0 unspecified atom stereocenters. The summed E-state index contributed by atoms with van der Waals surface area (Å²) in [6, 6.07) is 19.1. The van der Waals surface area contributed by atoms with Crippen LogP contribution in [-0.2, 0) is 13.0 Å². The zero-order valence-electron chi connectivity index (χ0n) is 18.5. The predicted molar refractivity (Wildman–Crippen MR) is 132 cm³/mol. The zero-order valence-corrected chi connectivity index (χ0v) is 18.5. The molecule has 6 N–H and O–H groups in total. The molecule has 4 aromatic rings. The number of likely N-dealkylation sites (tertiary alicyclic amines) is 1. The number of hydrogen-bond acceptors (Lipinski definition) is 8. The fourth-order valence-electron chi connectivity index (χ4n) is 4.53. The van der Waals surface area contributed by atoms with Gasteiger partial charge in [-0.05, 0) is 49.4 Å². The highest BCUT2D eigenvalue weighted by molar-refractivity contribution is 5.87. The fraction of sp³-hybridized carbons (Fsp3) is 0.280. The van der Waals surface area contributed by atoms with Gasteiger partial charge in [-0.25, -0.2) is 9.97 Å². The van der Waals surface area contributed by atoms with Crippen LogP contribution in [0.1, 0.15) is 24.0 Å². The van der Waals surface area contributed by atoms with E-state index in [-0.39, 0.29) is 17.6 Å². The number of anilines is 3. The molecule has 8 heteroatoms. The first-order valence-electron chi connectivity index (χ1n) is 11.3. The third-order valence-corrected chi connectivity index (χ3v) is 6.31. The summed E-state index contributed by atoms with van der Waals surface area (Å²) in [4.78, 5) is 19.5. The first kappa shape index (κ1) is 21.1. The summed E-state index contributed by atoms with van der Waals surface area (Å²) in [7, 11) is 0. The van der Waals surface area contributed by atoms with Crippen LogP contribution in [0.2, 0.25) is 0 Å². The van der Waals surface area contributed by atoms with E-state index in [4.69, 9.17) is 17.2 Å². The van der Waals surface area contributed by atoms with Crippen molar-refractivity contribution in [3.63, 3.8) is 0 Å². The number of fused-ring (bicyclic) bond motifs is 1. The molecule has 1 fully saturated rings. The van der Waals surface area contributed by atoms with E-state index in [1.165, 1.54) is 30.4 Å². The highest BCUT2D eigenvalue weighted by Crippen LogP contribution is 2.28. The van der Waals surface area contributed by atoms with E-state index in [1.54, 1.807) is 0 Å². The number of nitrogen functional groups attached to an aromatic ring is 3. The summed E-state index contributed by atoms with van der Waals surface area (Å²) in [5.41, 5.74) is 22.6. The van der Waals surface area contributed by atoms with Crippen molar-refractivity contribution in [3.05, 3.63) is 65.7 Å². The number of benzene rings is 2. The topological polar surface area (TPSA) is 133 Å². The van der Waals surface area contributed by atoms with Gasteiger partial charge in [0.1, 0.15) is 5.69 Å². The third kappa shape index (κ3) is 4.70. The molecular formula is C25H28N8. The lowest BCUT2D eigenvalue weighted by Gasteiger charge is -2.32. The van der Waals surface area contributed by atoms with E-state index in [9.17, 15) is 0 Å². The minimum Gasteiger partial charge on any atom is -0.382 e. The molecule has 0 saturated carbocycles. The molecule has 0 atom stereocenters. The second-order valence-electron chi connectivity index (χ2n) is 8.70. The molecule has 0 aliphatic carbocycles. The maximum atomic E-state index is 6.15. The second-order valence-corrected chi connectivity index (χ2v) is 8.70. The molecular weight excluding hydrogens is 412 g/mol. The van der Waals surface area contributed by atoms with Crippen LogP contribution in [0.25, 0.3) is 22.4 Å². The Labute approximate surface area is 192 Å². The summed E-state index contributed by atoms with van der Waals surface area (Å²) in [5.74, 6) is 1.30. The van der Waals surface area contributed by atoms with Crippen LogP contribution in [0.3, 0.4) is 0 Å². The molecule has 1 saturated heterocycles. The molecule has 0 radical (unpaired) electrons. The Morgan fingerprint density at radius 2 is 1.48 bits per heavy atom. The SMILES string of the molecule is Nc1nc(N)c2nc(-c3ccc(CN4CCC(Cc5ccccc5)CC4)cc3)c(N)nc2n1. The number of aromatic nitrogens is 4. The molecule has 2 aromatic heterocycles. The van der Waals surface area contributed by atoms with Gasteiger partial charge in [-0.3, -0.25) is 4.90 Å². The highest BCUT2D eigenvalue weighted by atomic mass is 15.1. The molecule has 3 heterocycles. The van der Waals surface area contributed by atoms with Gasteiger partial charge < -0.3 is 17.2 Å². The summed E-state index contributed by atoms with van der Waals surface area (Å²) in [6.07, 6.45) is 3.66. The number of nitrogens with zero attached hydrogens (tertiary/aromatic N) is 5. The van der Waals surface area contributed by atoms with Gasteiger partial charge in [0.25, 0.3) is 0 Å². The maximum absolute atomic E-state index is 6.15. The Bertz CT molecular complexity index is 1250. The van der Waals surface area contributed by atoms with Crippen LogP contribution in [0.5, 0.6) is 0 Å². The molecule has 1 aliphatic rings. The first-order valence-corrected chi connectivity index (χ1v) is 11.3. The van der Waals surface area contributed by atoms with E-state index in [0.29, 0.717) is 16.9 Å². The van der Waals surface area contributed by atoms with Crippen molar-refractivity contribution in [2.24, 2.45) is 5.92 Å². The lowest BCUT2D eigenvalue weighted by molar-refractivity contribution is 0.177. The molecule has 33 heavy (non-hydrogen) atoms. The van der Waals surface area contributed by atoms with Crippen molar-refractivity contribution >= 4 is 28.7 Å². The van der Waals surface area contributed by atoms with E-state index in [2.05, 4.69) is 67.3 Å². The van der Waals surface area contributed by atoms with E-state index in [1.807, 2.05) is 12.1 Å². The monoisotopic (exact) mass is 440 g/mol. The van der Waals surface area contributed by atoms with Crippen molar-refractivity contribution in [2.75, 3.05) is 30.3 Å². The normalized spacial score (nSPS) is 15.2. The van der Waals surface area contributed by atoms with Crippen molar-refractivity contribution < 1.29 is 0 Å². The third-order valence-electron chi connectivity index (χ3n) is 6.31. The molecule has 2 aromatic carbocycles. The van der Waals surface area contributed by atoms with Gasteiger partial charge in [0.05, 0.1) is 0 Å². The summed E-state index contributed by atoms with van der Waals surface area (Å²) in [5, 5.41) is 0. The van der Waals surface area contributed by atoms with Crippen LogP contribution < -0.4 is 17.2 Å². The molecule has 1 aliphatic heterocycles. The lowest BCUT2D eigenvalue weighted by atomic mass is 9.90. The number of hydrogen-bond donors (Lipinski definition) is 3. The average molecular weight is 441 g/mol. The number of rotatable bonds is 5. The van der Waals surface area contributed by atoms with Crippen LogP contribution in [-0.4, -0.2) is 37.9 Å². The Morgan fingerprint density at radius 3 is 2.21 bits per heavy atom. The minimum atomic E-state index is 0.0508. The van der Waals surface area contributed by atoms with Crippen LogP contribution >= 0.6 is 0 Å². The van der Waals surface area contributed by atoms with Crippen molar-refractivity contribution in [2.45, 2.75) is 25.8 Å². The fourth-order valence-corrected chi connectivity index (χ4v) is 4.53. The number of piperidine rings is 1. The smallest absolute Gasteiger partial charge is 0.224 e. The Kier molecular flexibility index (Phi) is 5.75. The molecule has 0 spiro atoms. The van der Waals surface area contributed by atoms with Crippen LogP contribution in [0.4, 0.5) is 17.6 Å². The summed E-state index contributed by atoms with van der Waals surface area (Å²) >= 11 is 0. The van der Waals surface area contributed by atoms with Crippen molar-refractivity contribution in [3.8, 4) is 11.3 Å². The van der Waals surface area contributed by atoms with Crippen molar-refractivity contribution in [1.82, 2.24) is 24.8 Å². The van der Waals surface area contributed by atoms with Gasteiger partial charge in [0.15, 0.2) is 22.8 Å². The maximum Gasteiger partial charge on any atom is 0.224 e. The Balaban J connectivity index is 1.24. The molecule has 0 amide bonds. The Hall–Kier alpha value is -3.78. The highest BCUT2D eigenvalue weighted by Gasteiger charge is 2.20. The average Bonchev–Trinajstić information content (AvgIpc) is 2.81. The van der Waals surface area contributed by atoms with Gasteiger partial charge in [0.2, 0.25) is 5.95 Å². The predicted octanol–water partition coefficient (Wildman–Crippen LogP) is 3.29. The first-order chi connectivity index (χ1) is 16.0. The molecule has 5 rings (SSSR count). The van der Waals surface area contributed by atoms with Gasteiger partial charge in [-0.1, -0.05) is 54.6 Å². The molecule has 168 valence electrons. The van der Waals surface area contributed by atoms with E-state index >= 15 is 0 Å². The largest absolute Gasteiger partial charge is 0.382 e. The van der Waals surface area contributed by atoms with Crippen LogP contribution in [0.15, 0.2) is 54.6 Å². The number of nitrogens with two attached hydrogens (primary N) is 3. The standard InChI is InChI=1S/C25H28N8/c26-22-20(29-21-23(27)31-25(28)32-24(21)30-22)19-8-6-18(7-9-19)15-33-12-10-17(11-13-33)14-16-4-2-1-3-5-16/h1-9,17H,10-15H2,(H6,26,27,28,30,31,32). The summed E-state index contributed by atoms with van der Waals surface area (Å²) < 4.78 is 0.